The van der Waals surface area contributed by atoms with E-state index in [1.807, 2.05) is 19.1 Å². The number of hydrogen-bond acceptors (Lipinski definition) is 3. The van der Waals surface area contributed by atoms with E-state index < -0.39 is 0 Å². The largest absolute Gasteiger partial charge is 0.339 e. The van der Waals surface area contributed by atoms with Crippen LogP contribution in [0.3, 0.4) is 0 Å². The molecule has 2 aromatic heterocycles. The van der Waals surface area contributed by atoms with Crippen LogP contribution in [-0.4, -0.2) is 15.2 Å². The lowest BCUT2D eigenvalue weighted by molar-refractivity contribution is 1.07. The molecule has 2 heterocycles. The minimum atomic E-state index is 0.845. The van der Waals surface area contributed by atoms with Crippen LogP contribution in [0.2, 0.25) is 0 Å². The molecule has 3 rings (SSSR count). The Labute approximate surface area is 111 Å². The Bertz CT molecular complexity index is 743. The predicted octanol–water partition coefficient (Wildman–Crippen LogP) is 3.63. The summed E-state index contributed by atoms with van der Waals surface area (Å²) in [4.78, 5) is 4.43. The van der Waals surface area contributed by atoms with Gasteiger partial charge in [0.05, 0.1) is 10.9 Å². The van der Waals surface area contributed by atoms with Crippen molar-refractivity contribution in [1.82, 2.24) is 15.2 Å². The smallest absolute Gasteiger partial charge is 0.141 e. The molecule has 0 aliphatic heterocycles. The van der Waals surface area contributed by atoms with Gasteiger partial charge in [0.15, 0.2) is 0 Å². The second-order valence-corrected chi connectivity index (χ2v) is 4.77. The number of hydrogen-bond donors (Lipinski definition) is 2. The van der Waals surface area contributed by atoms with Gasteiger partial charge in [0.2, 0.25) is 0 Å². The highest BCUT2D eigenvalue weighted by molar-refractivity contribution is 5.93. The van der Waals surface area contributed by atoms with Gasteiger partial charge < -0.3 is 5.32 Å². The highest BCUT2D eigenvalue weighted by Crippen LogP contribution is 2.27. The van der Waals surface area contributed by atoms with Crippen molar-refractivity contribution in [3.05, 3.63) is 47.3 Å². The molecule has 19 heavy (non-hydrogen) atoms. The molecule has 0 fully saturated rings. The van der Waals surface area contributed by atoms with Crippen molar-refractivity contribution in [2.45, 2.75) is 20.8 Å². The van der Waals surface area contributed by atoms with Crippen LogP contribution in [0.25, 0.3) is 10.9 Å². The molecule has 4 heteroatoms. The SMILES string of the molecule is Cc1cccc(Nc2nccc3n[nH]c(C)c23)c1C. The molecule has 0 aliphatic carbocycles. The van der Waals surface area contributed by atoms with E-state index in [1.54, 1.807) is 6.20 Å². The lowest BCUT2D eigenvalue weighted by atomic mass is 10.1. The molecule has 0 spiro atoms. The fourth-order valence-electron chi connectivity index (χ4n) is 2.22. The predicted molar refractivity (Wildman–Crippen MR) is 77.8 cm³/mol. The van der Waals surface area contributed by atoms with Crippen molar-refractivity contribution in [3.8, 4) is 0 Å². The van der Waals surface area contributed by atoms with Gasteiger partial charge in [-0.25, -0.2) is 4.98 Å². The molecular formula is C15H16N4. The van der Waals surface area contributed by atoms with Crippen LogP contribution in [0, 0.1) is 20.8 Å². The molecule has 3 aromatic rings. The Morgan fingerprint density at radius 3 is 2.79 bits per heavy atom. The minimum Gasteiger partial charge on any atom is -0.339 e. The van der Waals surface area contributed by atoms with Crippen LogP contribution in [0.1, 0.15) is 16.8 Å². The molecule has 0 aliphatic rings. The molecule has 0 saturated heterocycles. The van der Waals surface area contributed by atoms with Crippen molar-refractivity contribution in [1.29, 1.82) is 0 Å². The molecule has 0 radical (unpaired) electrons. The summed E-state index contributed by atoms with van der Waals surface area (Å²) >= 11 is 0. The second-order valence-electron chi connectivity index (χ2n) is 4.77. The number of aromatic nitrogens is 3. The van der Waals surface area contributed by atoms with Crippen molar-refractivity contribution >= 4 is 22.4 Å². The average Bonchev–Trinajstić information content (AvgIpc) is 2.78. The molecule has 0 atom stereocenters. The van der Waals surface area contributed by atoms with Crippen LogP contribution >= 0.6 is 0 Å². The van der Waals surface area contributed by atoms with E-state index in [2.05, 4.69) is 46.5 Å². The van der Waals surface area contributed by atoms with Gasteiger partial charge in [-0.3, -0.25) is 5.10 Å². The maximum Gasteiger partial charge on any atom is 0.141 e. The van der Waals surface area contributed by atoms with Gasteiger partial charge in [-0.2, -0.15) is 5.10 Å². The van der Waals surface area contributed by atoms with E-state index in [0.29, 0.717) is 0 Å². The number of aromatic amines is 1. The second kappa shape index (κ2) is 4.39. The number of anilines is 2. The summed E-state index contributed by atoms with van der Waals surface area (Å²) in [6.45, 7) is 6.23. The number of fused-ring (bicyclic) bond motifs is 1. The Morgan fingerprint density at radius 2 is 1.95 bits per heavy atom. The standard InChI is InChI=1S/C15H16N4/c1-9-5-4-6-12(10(9)2)17-15-14-11(3)18-19-13(14)7-8-16-15/h4-8H,1-3H3,(H,16,17)(H,18,19). The average molecular weight is 252 g/mol. The summed E-state index contributed by atoms with van der Waals surface area (Å²) < 4.78 is 0. The zero-order chi connectivity index (χ0) is 13.4. The Morgan fingerprint density at radius 1 is 1.11 bits per heavy atom. The van der Waals surface area contributed by atoms with E-state index in [4.69, 9.17) is 0 Å². The first-order valence-corrected chi connectivity index (χ1v) is 6.30. The number of pyridine rings is 1. The summed E-state index contributed by atoms with van der Waals surface area (Å²) in [5, 5.41) is 11.7. The monoisotopic (exact) mass is 252 g/mol. The number of H-pyrrole nitrogens is 1. The Kier molecular flexibility index (Phi) is 2.71. The number of benzene rings is 1. The first-order valence-electron chi connectivity index (χ1n) is 6.30. The Balaban J connectivity index is 2.11. The maximum absolute atomic E-state index is 4.43. The van der Waals surface area contributed by atoms with Crippen molar-refractivity contribution < 1.29 is 0 Å². The summed E-state index contributed by atoms with van der Waals surface area (Å²) in [7, 11) is 0. The summed E-state index contributed by atoms with van der Waals surface area (Å²) in [6, 6.07) is 8.13. The maximum atomic E-state index is 4.43. The van der Waals surface area contributed by atoms with Gasteiger partial charge in [-0.05, 0) is 44.0 Å². The van der Waals surface area contributed by atoms with E-state index in [0.717, 1.165) is 28.1 Å². The Hall–Kier alpha value is -2.36. The van der Waals surface area contributed by atoms with Gasteiger partial charge in [-0.1, -0.05) is 12.1 Å². The van der Waals surface area contributed by atoms with Crippen molar-refractivity contribution in [2.24, 2.45) is 0 Å². The zero-order valence-corrected chi connectivity index (χ0v) is 11.3. The lowest BCUT2D eigenvalue weighted by Gasteiger charge is -2.11. The van der Waals surface area contributed by atoms with E-state index in [-0.39, 0.29) is 0 Å². The van der Waals surface area contributed by atoms with E-state index >= 15 is 0 Å². The third kappa shape index (κ3) is 1.95. The first-order chi connectivity index (χ1) is 9.16. The fraction of sp³-hybridized carbons (Fsp3) is 0.200. The molecule has 0 amide bonds. The van der Waals surface area contributed by atoms with Gasteiger partial charge in [-0.15, -0.1) is 0 Å². The minimum absolute atomic E-state index is 0.845. The van der Waals surface area contributed by atoms with Crippen LogP contribution in [0.4, 0.5) is 11.5 Å². The third-order valence-electron chi connectivity index (χ3n) is 3.51. The fourth-order valence-corrected chi connectivity index (χ4v) is 2.22. The van der Waals surface area contributed by atoms with Crippen molar-refractivity contribution in [3.63, 3.8) is 0 Å². The van der Waals surface area contributed by atoms with Crippen molar-refractivity contribution in [2.75, 3.05) is 5.32 Å². The van der Waals surface area contributed by atoms with Crippen LogP contribution in [0.15, 0.2) is 30.5 Å². The number of nitrogens with zero attached hydrogens (tertiary/aromatic N) is 2. The zero-order valence-electron chi connectivity index (χ0n) is 11.3. The van der Waals surface area contributed by atoms with Crippen LogP contribution in [-0.2, 0) is 0 Å². The molecule has 0 unspecified atom stereocenters. The van der Waals surface area contributed by atoms with Crippen LogP contribution in [0.5, 0.6) is 0 Å². The van der Waals surface area contributed by atoms with Gasteiger partial charge in [0, 0.05) is 17.6 Å². The van der Waals surface area contributed by atoms with Crippen LogP contribution < -0.4 is 5.32 Å². The lowest BCUT2D eigenvalue weighted by Crippen LogP contribution is -1.97. The van der Waals surface area contributed by atoms with E-state index in [1.165, 1.54) is 11.1 Å². The third-order valence-corrected chi connectivity index (χ3v) is 3.51. The first kappa shape index (κ1) is 11.7. The number of aryl methyl sites for hydroxylation is 2. The molecular weight excluding hydrogens is 236 g/mol. The van der Waals surface area contributed by atoms with Gasteiger partial charge in [0.1, 0.15) is 5.82 Å². The molecule has 96 valence electrons. The number of nitrogens with one attached hydrogen (secondary N) is 2. The highest BCUT2D eigenvalue weighted by Gasteiger charge is 2.09. The topological polar surface area (TPSA) is 53.6 Å². The summed E-state index contributed by atoms with van der Waals surface area (Å²) in [6.07, 6.45) is 1.77. The summed E-state index contributed by atoms with van der Waals surface area (Å²) in [5.74, 6) is 0.845. The van der Waals surface area contributed by atoms with Gasteiger partial charge >= 0.3 is 0 Å². The summed E-state index contributed by atoms with van der Waals surface area (Å²) in [5.41, 5.74) is 5.54. The normalized spacial score (nSPS) is 10.9. The highest BCUT2D eigenvalue weighted by atomic mass is 15.1. The molecule has 1 aromatic carbocycles. The molecule has 0 bridgehead atoms. The molecule has 0 saturated carbocycles. The van der Waals surface area contributed by atoms with Gasteiger partial charge in [0.25, 0.3) is 0 Å². The number of rotatable bonds is 2. The molecule has 2 N–H and O–H groups in total. The molecule has 4 nitrogen and oxygen atoms in total. The van der Waals surface area contributed by atoms with E-state index in [9.17, 15) is 0 Å². The quantitative estimate of drug-likeness (QED) is 0.732.